The summed E-state index contributed by atoms with van der Waals surface area (Å²) < 4.78 is 5.60. The van der Waals surface area contributed by atoms with E-state index >= 15 is 0 Å². The molecule has 6 heteroatoms. The molecule has 1 saturated heterocycles. The number of carbonyl (C=O) groups is 1. The molecule has 2 heterocycles. The van der Waals surface area contributed by atoms with Crippen molar-refractivity contribution in [2.45, 2.75) is 12.8 Å². The van der Waals surface area contributed by atoms with Crippen LogP contribution in [0.1, 0.15) is 12.8 Å². The van der Waals surface area contributed by atoms with Gasteiger partial charge in [-0.15, -0.1) is 0 Å². The standard InChI is InChI=1S/C22H20ClN3O2/c23-19-15-18(16-5-2-1-3-6-16)7-8-20(19)28-21(27)17-9-13-26(14-10-17)22-24-11-4-12-25-22/h1-8,11-12,15,17H,9-10,13-14H2. The van der Waals surface area contributed by atoms with Crippen LogP contribution < -0.4 is 9.64 Å². The van der Waals surface area contributed by atoms with Gasteiger partial charge in [0, 0.05) is 25.5 Å². The summed E-state index contributed by atoms with van der Waals surface area (Å²) in [6.07, 6.45) is 4.86. The molecule has 142 valence electrons. The highest BCUT2D eigenvalue weighted by Crippen LogP contribution is 2.31. The van der Waals surface area contributed by atoms with Gasteiger partial charge in [0.2, 0.25) is 5.95 Å². The number of hydrogen-bond donors (Lipinski definition) is 0. The smallest absolute Gasteiger partial charge is 0.314 e. The molecular formula is C22H20ClN3O2. The first-order chi connectivity index (χ1) is 13.7. The second-order valence-electron chi connectivity index (χ2n) is 6.74. The lowest BCUT2D eigenvalue weighted by Gasteiger charge is -2.30. The van der Waals surface area contributed by atoms with Crippen molar-refractivity contribution in [1.82, 2.24) is 9.97 Å². The van der Waals surface area contributed by atoms with Crippen molar-refractivity contribution < 1.29 is 9.53 Å². The van der Waals surface area contributed by atoms with Gasteiger partial charge in [0.15, 0.2) is 0 Å². The van der Waals surface area contributed by atoms with E-state index in [0.29, 0.717) is 29.6 Å². The number of halogens is 1. The zero-order valence-electron chi connectivity index (χ0n) is 15.3. The Morgan fingerprint density at radius 3 is 2.36 bits per heavy atom. The van der Waals surface area contributed by atoms with Gasteiger partial charge in [-0.2, -0.15) is 0 Å². The highest BCUT2D eigenvalue weighted by Gasteiger charge is 2.28. The van der Waals surface area contributed by atoms with Crippen LogP contribution in [0.4, 0.5) is 5.95 Å². The number of rotatable bonds is 4. The maximum atomic E-state index is 12.6. The van der Waals surface area contributed by atoms with Crippen LogP contribution in [0, 0.1) is 5.92 Å². The highest BCUT2D eigenvalue weighted by molar-refractivity contribution is 6.32. The number of ether oxygens (including phenoxy) is 1. The fourth-order valence-corrected chi connectivity index (χ4v) is 3.57. The topological polar surface area (TPSA) is 55.3 Å². The maximum absolute atomic E-state index is 12.6. The first-order valence-electron chi connectivity index (χ1n) is 9.29. The van der Waals surface area contributed by atoms with E-state index in [1.807, 2.05) is 42.5 Å². The molecule has 0 spiro atoms. The summed E-state index contributed by atoms with van der Waals surface area (Å²) >= 11 is 6.36. The van der Waals surface area contributed by atoms with Crippen LogP contribution in [0.5, 0.6) is 5.75 Å². The van der Waals surface area contributed by atoms with Gasteiger partial charge >= 0.3 is 5.97 Å². The van der Waals surface area contributed by atoms with E-state index in [1.165, 1.54) is 0 Å². The van der Waals surface area contributed by atoms with Crippen molar-refractivity contribution in [3.05, 3.63) is 72.0 Å². The monoisotopic (exact) mass is 393 g/mol. The van der Waals surface area contributed by atoms with Gasteiger partial charge in [-0.25, -0.2) is 9.97 Å². The number of anilines is 1. The van der Waals surface area contributed by atoms with Crippen LogP contribution >= 0.6 is 11.6 Å². The van der Waals surface area contributed by atoms with Crippen LogP contribution in [0.15, 0.2) is 67.0 Å². The predicted molar refractivity (Wildman–Crippen MR) is 109 cm³/mol. The molecule has 5 nitrogen and oxygen atoms in total. The number of benzene rings is 2. The Bertz CT molecular complexity index is 943. The molecule has 28 heavy (non-hydrogen) atoms. The number of aromatic nitrogens is 2. The summed E-state index contributed by atoms with van der Waals surface area (Å²) in [5.41, 5.74) is 2.05. The maximum Gasteiger partial charge on any atom is 0.314 e. The Labute approximate surface area is 169 Å². The number of esters is 1. The summed E-state index contributed by atoms with van der Waals surface area (Å²) in [4.78, 5) is 23.2. The van der Waals surface area contributed by atoms with Gasteiger partial charge in [-0.05, 0) is 42.2 Å². The van der Waals surface area contributed by atoms with Crippen LogP contribution in [0.3, 0.4) is 0 Å². The molecule has 1 fully saturated rings. The van der Waals surface area contributed by atoms with Crippen LogP contribution in [0.2, 0.25) is 5.02 Å². The number of hydrogen-bond acceptors (Lipinski definition) is 5. The SMILES string of the molecule is O=C(Oc1ccc(-c2ccccc2)cc1Cl)C1CCN(c2ncccn2)CC1. The third kappa shape index (κ3) is 4.15. The van der Waals surface area contributed by atoms with Crippen molar-refractivity contribution in [2.75, 3.05) is 18.0 Å². The molecule has 4 rings (SSSR count). The summed E-state index contributed by atoms with van der Waals surface area (Å²) in [6, 6.07) is 17.2. The van der Waals surface area contributed by atoms with Crippen LogP contribution in [-0.4, -0.2) is 29.0 Å². The average molecular weight is 394 g/mol. The molecule has 3 aromatic rings. The highest BCUT2D eigenvalue weighted by atomic mass is 35.5. The first-order valence-corrected chi connectivity index (χ1v) is 9.67. The molecular weight excluding hydrogens is 374 g/mol. The summed E-state index contributed by atoms with van der Waals surface area (Å²) in [6.45, 7) is 1.45. The minimum Gasteiger partial charge on any atom is -0.425 e. The largest absolute Gasteiger partial charge is 0.425 e. The van der Waals surface area contributed by atoms with E-state index in [4.69, 9.17) is 16.3 Å². The fraction of sp³-hybridized carbons (Fsp3) is 0.227. The molecule has 0 unspecified atom stereocenters. The molecule has 0 amide bonds. The predicted octanol–water partition coefficient (Wildman–Crippen LogP) is 4.62. The molecule has 1 aliphatic heterocycles. The van der Waals surface area contributed by atoms with Crippen molar-refractivity contribution >= 4 is 23.5 Å². The second kappa shape index (κ2) is 8.40. The molecule has 0 aliphatic carbocycles. The summed E-state index contributed by atoms with van der Waals surface area (Å²) in [7, 11) is 0. The van der Waals surface area contributed by atoms with E-state index in [-0.39, 0.29) is 11.9 Å². The molecule has 0 radical (unpaired) electrons. The fourth-order valence-electron chi connectivity index (χ4n) is 3.36. The normalized spacial score (nSPS) is 14.7. The van der Waals surface area contributed by atoms with Gasteiger partial charge < -0.3 is 9.64 Å². The lowest BCUT2D eigenvalue weighted by Crippen LogP contribution is -2.38. The van der Waals surface area contributed by atoms with Gasteiger partial charge in [0.25, 0.3) is 0 Å². The Hall–Kier alpha value is -2.92. The van der Waals surface area contributed by atoms with E-state index in [9.17, 15) is 4.79 Å². The number of nitrogens with zero attached hydrogens (tertiary/aromatic N) is 3. The third-order valence-electron chi connectivity index (χ3n) is 4.91. The quantitative estimate of drug-likeness (QED) is 0.478. The molecule has 1 aromatic heterocycles. The first kappa shape index (κ1) is 18.4. The van der Waals surface area contributed by atoms with Crippen LogP contribution in [0.25, 0.3) is 11.1 Å². The summed E-state index contributed by atoms with van der Waals surface area (Å²) in [5, 5.41) is 0.435. The number of carbonyl (C=O) groups excluding carboxylic acids is 1. The van der Waals surface area contributed by atoms with Crippen molar-refractivity contribution in [1.29, 1.82) is 0 Å². The van der Waals surface area contributed by atoms with E-state index in [1.54, 1.807) is 24.5 Å². The number of piperidine rings is 1. The molecule has 0 N–H and O–H groups in total. The Morgan fingerprint density at radius 1 is 0.964 bits per heavy atom. The lowest BCUT2D eigenvalue weighted by atomic mass is 9.97. The molecule has 0 bridgehead atoms. The third-order valence-corrected chi connectivity index (χ3v) is 5.21. The Kier molecular flexibility index (Phi) is 5.53. The second-order valence-corrected chi connectivity index (χ2v) is 7.15. The Balaban J connectivity index is 1.38. The van der Waals surface area contributed by atoms with E-state index in [0.717, 1.165) is 24.2 Å². The van der Waals surface area contributed by atoms with Gasteiger partial charge in [0.05, 0.1) is 10.9 Å². The minimum atomic E-state index is -0.233. The zero-order chi connectivity index (χ0) is 19.3. The van der Waals surface area contributed by atoms with Gasteiger partial charge in [-0.1, -0.05) is 48.0 Å². The molecule has 2 aromatic carbocycles. The average Bonchev–Trinajstić information content (AvgIpc) is 2.76. The minimum absolute atomic E-state index is 0.148. The Morgan fingerprint density at radius 2 is 1.68 bits per heavy atom. The van der Waals surface area contributed by atoms with Crippen molar-refractivity contribution in [3.8, 4) is 16.9 Å². The molecule has 1 aliphatic rings. The van der Waals surface area contributed by atoms with Gasteiger partial charge in [-0.3, -0.25) is 4.79 Å². The van der Waals surface area contributed by atoms with E-state index < -0.39 is 0 Å². The molecule has 0 atom stereocenters. The molecule has 0 saturated carbocycles. The zero-order valence-corrected chi connectivity index (χ0v) is 16.0. The van der Waals surface area contributed by atoms with Gasteiger partial charge in [0.1, 0.15) is 5.75 Å². The summed E-state index contributed by atoms with van der Waals surface area (Å²) in [5.74, 6) is 0.724. The lowest BCUT2D eigenvalue weighted by molar-refractivity contribution is -0.139. The van der Waals surface area contributed by atoms with Crippen molar-refractivity contribution in [3.63, 3.8) is 0 Å². The van der Waals surface area contributed by atoms with Crippen LogP contribution in [-0.2, 0) is 4.79 Å². The van der Waals surface area contributed by atoms with E-state index in [2.05, 4.69) is 14.9 Å². The van der Waals surface area contributed by atoms with Crippen molar-refractivity contribution in [2.24, 2.45) is 5.92 Å².